The van der Waals surface area contributed by atoms with E-state index in [2.05, 4.69) is 6.92 Å². The van der Waals surface area contributed by atoms with Crippen LogP contribution in [0.1, 0.15) is 146 Å². The van der Waals surface area contributed by atoms with Crippen molar-refractivity contribution in [2.24, 2.45) is 0 Å². The molecule has 0 heterocycles. The molecule has 0 atom stereocenters. The molecule has 0 radical (unpaired) electrons. The number of carbonyl (C=O) groups is 2. The van der Waals surface area contributed by atoms with Gasteiger partial charge in [-0.05, 0) is 43.5 Å². The Kier molecular flexibility index (Phi) is 19.7. The van der Waals surface area contributed by atoms with Gasteiger partial charge < -0.3 is 15.7 Å². The summed E-state index contributed by atoms with van der Waals surface area (Å²) < 4.78 is 0. The maximum absolute atomic E-state index is 13.1. The average Bonchev–Trinajstić information content (AvgIpc) is 2.87. The zero-order chi connectivity index (χ0) is 26.3. The fraction of sp³-hybridized carbons (Fsp3) is 0.742. The highest BCUT2D eigenvalue weighted by Gasteiger charge is 2.15. The summed E-state index contributed by atoms with van der Waals surface area (Å²) in [6.07, 6.45) is 23.6. The molecule has 0 aliphatic heterocycles. The van der Waals surface area contributed by atoms with Crippen molar-refractivity contribution in [3.63, 3.8) is 0 Å². The van der Waals surface area contributed by atoms with E-state index >= 15 is 0 Å². The van der Waals surface area contributed by atoms with Crippen LogP contribution >= 0.6 is 0 Å². The summed E-state index contributed by atoms with van der Waals surface area (Å²) >= 11 is 0. The van der Waals surface area contributed by atoms with Gasteiger partial charge in [-0.2, -0.15) is 0 Å². The number of anilines is 1. The van der Waals surface area contributed by atoms with Gasteiger partial charge >= 0.3 is 5.97 Å². The van der Waals surface area contributed by atoms with Crippen LogP contribution in [0, 0.1) is 0 Å². The molecule has 5 heteroatoms. The van der Waals surface area contributed by atoms with E-state index in [4.69, 9.17) is 10.8 Å². The second kappa shape index (κ2) is 22.2. The van der Waals surface area contributed by atoms with E-state index in [0.717, 1.165) is 51.6 Å². The number of amides is 1. The molecule has 0 saturated heterocycles. The van der Waals surface area contributed by atoms with Crippen LogP contribution in [0.5, 0.6) is 0 Å². The van der Waals surface area contributed by atoms with Crippen molar-refractivity contribution in [2.75, 3.05) is 18.8 Å². The van der Waals surface area contributed by atoms with E-state index in [-0.39, 0.29) is 12.3 Å². The molecule has 3 N–H and O–H groups in total. The summed E-state index contributed by atoms with van der Waals surface area (Å²) in [5.74, 6) is -0.626. The molecule has 0 bridgehead atoms. The lowest BCUT2D eigenvalue weighted by atomic mass is 10.0. The van der Waals surface area contributed by atoms with E-state index in [9.17, 15) is 9.59 Å². The Morgan fingerprint density at radius 3 is 1.44 bits per heavy atom. The standard InChI is InChI=1S/C31H54N2O3/c1-2-3-4-5-6-7-8-9-10-11-12-13-16-19-26-33(27-20-17-14-15-18-21-30(34)35)31(36)28-22-24-29(32)25-23-28/h22-25H,2-21,26-27,32H2,1H3,(H,34,35). The minimum absolute atomic E-state index is 0.0931. The quantitative estimate of drug-likeness (QED) is 0.109. The Morgan fingerprint density at radius 2 is 1.03 bits per heavy atom. The molecule has 1 amide bonds. The number of carboxylic acid groups (broad SMARTS) is 1. The second-order valence-corrected chi connectivity index (χ2v) is 10.4. The first-order valence-corrected chi connectivity index (χ1v) is 14.9. The minimum atomic E-state index is -0.719. The molecule has 0 spiro atoms. The number of nitrogens with two attached hydrogens (primary N) is 1. The summed E-state index contributed by atoms with van der Waals surface area (Å²) in [6, 6.07) is 7.23. The first-order valence-electron chi connectivity index (χ1n) is 14.9. The van der Waals surface area contributed by atoms with Crippen LogP contribution in [0.15, 0.2) is 24.3 Å². The molecule has 0 aliphatic rings. The monoisotopic (exact) mass is 502 g/mol. The average molecular weight is 503 g/mol. The third-order valence-corrected chi connectivity index (χ3v) is 7.05. The fourth-order valence-electron chi connectivity index (χ4n) is 4.73. The van der Waals surface area contributed by atoms with Crippen LogP contribution in [0.4, 0.5) is 5.69 Å². The molecule has 1 rings (SSSR count). The van der Waals surface area contributed by atoms with E-state index < -0.39 is 5.97 Å². The van der Waals surface area contributed by atoms with Gasteiger partial charge in [-0.1, -0.05) is 110 Å². The zero-order valence-corrected chi connectivity index (χ0v) is 23.2. The number of hydrogen-bond donors (Lipinski definition) is 2. The smallest absolute Gasteiger partial charge is 0.303 e. The molecule has 206 valence electrons. The number of unbranched alkanes of at least 4 members (excludes halogenated alkanes) is 17. The van der Waals surface area contributed by atoms with Gasteiger partial charge in [0.2, 0.25) is 0 Å². The summed E-state index contributed by atoms with van der Waals surface area (Å²) in [6.45, 7) is 3.84. The lowest BCUT2D eigenvalue weighted by Crippen LogP contribution is -2.33. The van der Waals surface area contributed by atoms with E-state index in [1.165, 1.54) is 83.5 Å². The number of rotatable bonds is 24. The van der Waals surface area contributed by atoms with Gasteiger partial charge in [0, 0.05) is 30.8 Å². The van der Waals surface area contributed by atoms with E-state index in [1.54, 1.807) is 12.1 Å². The lowest BCUT2D eigenvalue weighted by molar-refractivity contribution is -0.137. The number of nitrogens with zero attached hydrogens (tertiary/aromatic N) is 1. The van der Waals surface area contributed by atoms with Crippen LogP contribution in [0.2, 0.25) is 0 Å². The van der Waals surface area contributed by atoms with E-state index in [1.807, 2.05) is 17.0 Å². The van der Waals surface area contributed by atoms with Gasteiger partial charge in [-0.25, -0.2) is 0 Å². The van der Waals surface area contributed by atoms with Crippen molar-refractivity contribution in [1.29, 1.82) is 0 Å². The lowest BCUT2D eigenvalue weighted by Gasteiger charge is -2.23. The maximum Gasteiger partial charge on any atom is 0.303 e. The zero-order valence-electron chi connectivity index (χ0n) is 23.2. The Morgan fingerprint density at radius 1 is 0.639 bits per heavy atom. The Hall–Kier alpha value is -2.04. The van der Waals surface area contributed by atoms with Gasteiger partial charge in [0.1, 0.15) is 0 Å². The minimum Gasteiger partial charge on any atom is -0.481 e. The van der Waals surface area contributed by atoms with Crippen molar-refractivity contribution in [1.82, 2.24) is 4.90 Å². The Balaban J connectivity index is 2.21. The number of carbonyl (C=O) groups excluding carboxylic acids is 1. The van der Waals surface area contributed by atoms with Crippen LogP contribution in [0.25, 0.3) is 0 Å². The summed E-state index contributed by atoms with van der Waals surface area (Å²) in [7, 11) is 0. The molecule has 1 aromatic rings. The van der Waals surface area contributed by atoms with Crippen molar-refractivity contribution in [3.05, 3.63) is 29.8 Å². The van der Waals surface area contributed by atoms with Gasteiger partial charge in [-0.3, -0.25) is 9.59 Å². The molecule has 0 saturated carbocycles. The van der Waals surface area contributed by atoms with Crippen LogP contribution in [-0.2, 0) is 4.79 Å². The van der Waals surface area contributed by atoms with Crippen molar-refractivity contribution in [3.8, 4) is 0 Å². The van der Waals surface area contributed by atoms with Gasteiger partial charge in [-0.15, -0.1) is 0 Å². The van der Waals surface area contributed by atoms with Crippen LogP contribution in [0.3, 0.4) is 0 Å². The third-order valence-electron chi connectivity index (χ3n) is 7.05. The molecular formula is C31H54N2O3. The van der Waals surface area contributed by atoms with E-state index in [0.29, 0.717) is 11.3 Å². The number of benzene rings is 1. The highest BCUT2D eigenvalue weighted by atomic mass is 16.4. The van der Waals surface area contributed by atoms with Crippen molar-refractivity contribution in [2.45, 2.75) is 135 Å². The second-order valence-electron chi connectivity index (χ2n) is 10.4. The molecule has 0 aliphatic carbocycles. The fourth-order valence-corrected chi connectivity index (χ4v) is 4.73. The number of nitrogen functional groups attached to an aromatic ring is 1. The third kappa shape index (κ3) is 17.4. The SMILES string of the molecule is CCCCCCCCCCCCCCCCN(CCCCCCCC(=O)O)C(=O)c1ccc(N)cc1. The van der Waals surface area contributed by atoms with Gasteiger partial charge in [0.05, 0.1) is 0 Å². The molecular weight excluding hydrogens is 448 g/mol. The number of aliphatic carboxylic acids is 1. The first-order chi connectivity index (χ1) is 17.5. The summed E-state index contributed by atoms with van der Waals surface area (Å²) in [5.41, 5.74) is 7.17. The Bertz CT molecular complexity index is 675. The maximum atomic E-state index is 13.1. The molecule has 0 fully saturated rings. The van der Waals surface area contributed by atoms with Gasteiger partial charge in [0.25, 0.3) is 5.91 Å². The molecule has 36 heavy (non-hydrogen) atoms. The predicted octanol–water partition coefficient (Wildman–Crippen LogP) is 8.62. The predicted molar refractivity (Wildman–Crippen MR) is 152 cm³/mol. The highest BCUT2D eigenvalue weighted by Crippen LogP contribution is 2.15. The topological polar surface area (TPSA) is 83.6 Å². The molecule has 5 nitrogen and oxygen atoms in total. The number of carboxylic acids is 1. The molecule has 1 aromatic carbocycles. The molecule has 0 unspecified atom stereocenters. The van der Waals surface area contributed by atoms with Crippen LogP contribution in [-0.4, -0.2) is 35.0 Å². The summed E-state index contributed by atoms with van der Waals surface area (Å²) in [5, 5.41) is 8.75. The highest BCUT2D eigenvalue weighted by molar-refractivity contribution is 5.94. The Labute approximate surface area is 221 Å². The largest absolute Gasteiger partial charge is 0.481 e. The van der Waals surface area contributed by atoms with Crippen molar-refractivity contribution >= 4 is 17.6 Å². The summed E-state index contributed by atoms with van der Waals surface area (Å²) in [4.78, 5) is 25.7. The van der Waals surface area contributed by atoms with Crippen molar-refractivity contribution < 1.29 is 14.7 Å². The normalized spacial score (nSPS) is 11.0. The van der Waals surface area contributed by atoms with Gasteiger partial charge in [0.15, 0.2) is 0 Å². The number of hydrogen-bond acceptors (Lipinski definition) is 3. The first kappa shape index (κ1) is 32.0. The molecule has 0 aromatic heterocycles. The van der Waals surface area contributed by atoms with Crippen LogP contribution < -0.4 is 5.73 Å².